The molecule has 0 bridgehead atoms. The number of unbranched alkanes of at least 4 members (excludes halogenated alkanes) is 28. The fourth-order valence-electron chi connectivity index (χ4n) is 7.81. The first-order valence-electron chi connectivity index (χ1n) is 28.4. The van der Waals surface area contributed by atoms with Gasteiger partial charge in [-0.15, -0.1) is 0 Å². The Labute approximate surface area is 414 Å². The van der Waals surface area contributed by atoms with Crippen LogP contribution < -0.4 is 0 Å². The van der Waals surface area contributed by atoms with Gasteiger partial charge in [-0.2, -0.15) is 0 Å². The predicted molar refractivity (Wildman–Crippen MR) is 288 cm³/mol. The molecule has 386 valence electrons. The lowest BCUT2D eigenvalue weighted by Crippen LogP contribution is -2.30. The largest absolute Gasteiger partial charge is 0.462 e. The molecule has 0 aromatic heterocycles. The highest BCUT2D eigenvalue weighted by Gasteiger charge is 2.19. The Morgan fingerprint density at radius 2 is 0.552 bits per heavy atom. The fourth-order valence-corrected chi connectivity index (χ4v) is 7.81. The zero-order chi connectivity index (χ0) is 48.6. The van der Waals surface area contributed by atoms with E-state index in [1.165, 1.54) is 128 Å². The van der Waals surface area contributed by atoms with Crippen LogP contribution in [0.3, 0.4) is 0 Å². The molecule has 0 fully saturated rings. The minimum absolute atomic E-state index is 0.0875. The van der Waals surface area contributed by atoms with Crippen LogP contribution in [0.25, 0.3) is 0 Å². The molecule has 1 atom stereocenters. The molecule has 0 aliphatic rings. The van der Waals surface area contributed by atoms with Crippen molar-refractivity contribution < 1.29 is 28.6 Å². The second-order valence-corrected chi connectivity index (χ2v) is 18.8. The van der Waals surface area contributed by atoms with Crippen LogP contribution in [0.15, 0.2) is 72.9 Å². The van der Waals surface area contributed by atoms with E-state index in [9.17, 15) is 14.4 Å². The number of rotatable bonds is 51. The van der Waals surface area contributed by atoms with Crippen LogP contribution in [0.1, 0.15) is 278 Å². The van der Waals surface area contributed by atoms with Gasteiger partial charge in [-0.1, -0.05) is 222 Å². The van der Waals surface area contributed by atoms with Crippen LogP contribution in [0.4, 0.5) is 0 Å². The summed E-state index contributed by atoms with van der Waals surface area (Å²) in [4.78, 5) is 38.1. The Bertz CT molecular complexity index is 1260. The van der Waals surface area contributed by atoms with E-state index in [0.29, 0.717) is 19.3 Å². The van der Waals surface area contributed by atoms with Crippen molar-refractivity contribution in [2.24, 2.45) is 0 Å². The molecule has 0 saturated carbocycles. The van der Waals surface area contributed by atoms with Gasteiger partial charge in [0.2, 0.25) is 0 Å². The summed E-state index contributed by atoms with van der Waals surface area (Å²) in [6.45, 7) is 6.55. The normalized spacial score (nSPS) is 12.6. The van der Waals surface area contributed by atoms with Crippen LogP contribution >= 0.6 is 0 Å². The molecule has 0 spiro atoms. The van der Waals surface area contributed by atoms with Gasteiger partial charge in [-0.05, 0) is 109 Å². The maximum atomic E-state index is 12.8. The first-order valence-corrected chi connectivity index (χ1v) is 28.4. The molecule has 67 heavy (non-hydrogen) atoms. The summed E-state index contributed by atoms with van der Waals surface area (Å²) in [5, 5.41) is 0. The predicted octanol–water partition coefficient (Wildman–Crippen LogP) is 19.0. The van der Waals surface area contributed by atoms with Gasteiger partial charge in [0.15, 0.2) is 6.10 Å². The number of hydrogen-bond acceptors (Lipinski definition) is 6. The summed E-state index contributed by atoms with van der Waals surface area (Å²) in [5.74, 6) is -0.913. The standard InChI is InChI=1S/C61H106O6/c1-4-7-10-13-16-19-22-24-26-27-28-29-30-31-32-33-35-36-39-42-45-48-51-54-60(63)66-57-58(56-65-59(62)53-50-47-44-41-38-21-18-15-12-9-6-3)67-61(64)55-52-49-46-43-40-37-34-25-23-20-17-14-11-8-5-2/h15,17-18,20,22,24-25,27-28,30-31,34,58H,4-14,16,19,21,23,26,29,32-33,35-57H2,1-3H3/b18-15-,20-17-,24-22-,28-27-,31-30-,34-25-. The molecule has 0 amide bonds. The smallest absolute Gasteiger partial charge is 0.306 e. The van der Waals surface area contributed by atoms with Gasteiger partial charge in [0, 0.05) is 19.3 Å². The topological polar surface area (TPSA) is 78.9 Å². The van der Waals surface area contributed by atoms with Crippen molar-refractivity contribution in [2.45, 2.75) is 284 Å². The lowest BCUT2D eigenvalue weighted by molar-refractivity contribution is -0.167. The van der Waals surface area contributed by atoms with Crippen molar-refractivity contribution >= 4 is 17.9 Å². The number of carbonyl (C=O) groups is 3. The molecule has 0 aliphatic carbocycles. The third-order valence-electron chi connectivity index (χ3n) is 12.2. The quantitative estimate of drug-likeness (QED) is 0.0262. The van der Waals surface area contributed by atoms with Crippen LogP contribution in [0, 0.1) is 0 Å². The van der Waals surface area contributed by atoms with Crippen molar-refractivity contribution in [1.29, 1.82) is 0 Å². The van der Waals surface area contributed by atoms with Crippen molar-refractivity contribution in [2.75, 3.05) is 13.2 Å². The average Bonchev–Trinajstić information content (AvgIpc) is 3.33. The zero-order valence-corrected chi connectivity index (χ0v) is 44.2. The van der Waals surface area contributed by atoms with Gasteiger partial charge in [0.05, 0.1) is 0 Å². The van der Waals surface area contributed by atoms with Gasteiger partial charge in [0.1, 0.15) is 13.2 Å². The van der Waals surface area contributed by atoms with Gasteiger partial charge in [0.25, 0.3) is 0 Å². The number of ether oxygens (including phenoxy) is 3. The van der Waals surface area contributed by atoms with Gasteiger partial charge < -0.3 is 14.2 Å². The molecule has 0 saturated heterocycles. The highest BCUT2D eigenvalue weighted by atomic mass is 16.6. The molecule has 0 radical (unpaired) electrons. The van der Waals surface area contributed by atoms with Crippen LogP contribution in [-0.4, -0.2) is 37.2 Å². The Morgan fingerprint density at radius 3 is 0.925 bits per heavy atom. The van der Waals surface area contributed by atoms with E-state index in [4.69, 9.17) is 14.2 Å². The third kappa shape index (κ3) is 53.7. The molecular weight excluding hydrogens is 829 g/mol. The maximum Gasteiger partial charge on any atom is 0.306 e. The number of hydrogen-bond donors (Lipinski definition) is 0. The number of allylic oxidation sites excluding steroid dienone is 12. The van der Waals surface area contributed by atoms with E-state index < -0.39 is 6.10 Å². The molecule has 0 heterocycles. The molecule has 0 aromatic carbocycles. The third-order valence-corrected chi connectivity index (χ3v) is 12.2. The second-order valence-electron chi connectivity index (χ2n) is 18.8. The van der Waals surface area contributed by atoms with Crippen molar-refractivity contribution in [3.8, 4) is 0 Å². The Morgan fingerprint density at radius 1 is 0.299 bits per heavy atom. The van der Waals surface area contributed by atoms with Gasteiger partial charge in [-0.3, -0.25) is 14.4 Å². The number of esters is 3. The lowest BCUT2D eigenvalue weighted by Gasteiger charge is -2.18. The van der Waals surface area contributed by atoms with Crippen LogP contribution in [0.2, 0.25) is 0 Å². The minimum Gasteiger partial charge on any atom is -0.462 e. The summed E-state index contributed by atoms with van der Waals surface area (Å²) in [5.41, 5.74) is 0. The monoisotopic (exact) mass is 935 g/mol. The van der Waals surface area contributed by atoms with Crippen molar-refractivity contribution in [3.05, 3.63) is 72.9 Å². The highest BCUT2D eigenvalue weighted by molar-refractivity contribution is 5.71. The van der Waals surface area contributed by atoms with Gasteiger partial charge in [-0.25, -0.2) is 0 Å². The Balaban J connectivity index is 4.33. The SMILES string of the molecule is CCCC/C=C\CCCCCCCC(=O)OCC(COC(=O)CCCCCCCCCC/C=C\C/C=C\C/C=C\CCCCCCC)OC(=O)CCCCCCC/C=C\C/C=C\CCCCC. The van der Waals surface area contributed by atoms with E-state index >= 15 is 0 Å². The van der Waals surface area contributed by atoms with Crippen LogP contribution in [0.5, 0.6) is 0 Å². The second kappa shape index (κ2) is 55.4. The summed E-state index contributed by atoms with van der Waals surface area (Å²) >= 11 is 0. The molecular formula is C61H106O6. The molecule has 6 heteroatoms. The average molecular weight is 936 g/mol. The summed E-state index contributed by atoms with van der Waals surface area (Å²) in [6, 6.07) is 0. The molecule has 0 N–H and O–H groups in total. The van der Waals surface area contributed by atoms with Crippen molar-refractivity contribution in [1.82, 2.24) is 0 Å². The molecule has 1 unspecified atom stereocenters. The molecule has 6 nitrogen and oxygen atoms in total. The van der Waals surface area contributed by atoms with E-state index in [2.05, 4.69) is 93.7 Å². The number of carbonyl (C=O) groups excluding carboxylic acids is 3. The Kier molecular flexibility index (Phi) is 52.8. The summed E-state index contributed by atoms with van der Waals surface area (Å²) < 4.78 is 16.8. The summed E-state index contributed by atoms with van der Waals surface area (Å²) in [6.07, 6.45) is 70.3. The molecule has 0 aromatic rings. The van der Waals surface area contributed by atoms with Gasteiger partial charge >= 0.3 is 17.9 Å². The first kappa shape index (κ1) is 63.8. The van der Waals surface area contributed by atoms with Crippen LogP contribution in [-0.2, 0) is 28.6 Å². The fraction of sp³-hybridized carbons (Fsp3) is 0.754. The maximum absolute atomic E-state index is 12.8. The van der Waals surface area contributed by atoms with E-state index in [1.54, 1.807) is 0 Å². The molecule has 0 aliphatic heterocycles. The summed E-state index contributed by atoms with van der Waals surface area (Å²) in [7, 11) is 0. The highest BCUT2D eigenvalue weighted by Crippen LogP contribution is 2.14. The van der Waals surface area contributed by atoms with E-state index in [-0.39, 0.29) is 31.1 Å². The lowest BCUT2D eigenvalue weighted by atomic mass is 10.1. The van der Waals surface area contributed by atoms with E-state index in [1.807, 2.05) is 0 Å². The van der Waals surface area contributed by atoms with E-state index in [0.717, 1.165) is 109 Å². The Hall–Kier alpha value is -3.15. The minimum atomic E-state index is -0.789. The molecule has 0 rings (SSSR count). The zero-order valence-electron chi connectivity index (χ0n) is 44.2. The first-order chi connectivity index (χ1) is 33.0. The van der Waals surface area contributed by atoms with Crippen molar-refractivity contribution in [3.63, 3.8) is 0 Å².